The van der Waals surface area contributed by atoms with E-state index in [2.05, 4.69) is 6.58 Å². The lowest BCUT2D eigenvalue weighted by atomic mass is 9.81. The molecule has 0 radical (unpaired) electrons. The number of hydrogen-bond donors (Lipinski definition) is 0. The molecule has 0 aromatic heterocycles. The highest BCUT2D eigenvalue weighted by Crippen LogP contribution is 2.38. The third-order valence-electron chi connectivity index (χ3n) is 5.72. The number of imide groups is 1. The second kappa shape index (κ2) is 9.04. The average Bonchev–Trinajstić information content (AvgIpc) is 2.97. The van der Waals surface area contributed by atoms with Gasteiger partial charge in [0.25, 0.3) is 0 Å². The van der Waals surface area contributed by atoms with Crippen LogP contribution in [0.3, 0.4) is 0 Å². The van der Waals surface area contributed by atoms with Crippen LogP contribution in [0.1, 0.15) is 37.7 Å². The molecule has 2 fully saturated rings. The number of nitrogens with zero attached hydrogens (tertiary/aromatic N) is 2. The SMILES string of the molecule is C=CCN(Cc1ccc(OC)cc1)C(=O)CCN1C(=O)C2CCCCC2C1=O. The number of methoxy groups -OCH3 is 1. The van der Waals surface area contributed by atoms with E-state index in [1.165, 1.54) is 4.90 Å². The summed E-state index contributed by atoms with van der Waals surface area (Å²) in [5.41, 5.74) is 0.982. The molecule has 2 unspecified atom stereocenters. The van der Waals surface area contributed by atoms with Gasteiger partial charge >= 0.3 is 0 Å². The zero-order chi connectivity index (χ0) is 20.1. The van der Waals surface area contributed by atoms with Crippen LogP contribution < -0.4 is 4.74 Å². The zero-order valence-electron chi connectivity index (χ0n) is 16.4. The van der Waals surface area contributed by atoms with E-state index < -0.39 is 0 Å². The average molecular weight is 384 g/mol. The summed E-state index contributed by atoms with van der Waals surface area (Å²) in [4.78, 5) is 40.9. The van der Waals surface area contributed by atoms with Crippen LogP contribution in [0.4, 0.5) is 0 Å². The first-order valence-corrected chi connectivity index (χ1v) is 9.92. The third kappa shape index (κ3) is 4.26. The summed E-state index contributed by atoms with van der Waals surface area (Å²) in [6.07, 6.45) is 5.41. The number of rotatable bonds is 8. The number of carbonyl (C=O) groups is 3. The van der Waals surface area contributed by atoms with E-state index in [0.717, 1.165) is 37.0 Å². The van der Waals surface area contributed by atoms with Gasteiger partial charge in [-0.2, -0.15) is 0 Å². The fourth-order valence-electron chi connectivity index (χ4n) is 4.18. The number of likely N-dealkylation sites (tertiary alicyclic amines) is 1. The third-order valence-corrected chi connectivity index (χ3v) is 5.72. The minimum atomic E-state index is -0.167. The van der Waals surface area contributed by atoms with Crippen LogP contribution in [0.5, 0.6) is 5.75 Å². The molecule has 150 valence electrons. The maximum absolute atomic E-state index is 12.7. The maximum atomic E-state index is 12.7. The zero-order valence-corrected chi connectivity index (χ0v) is 16.4. The number of fused-ring (bicyclic) bond motifs is 1. The molecule has 2 aliphatic rings. The highest BCUT2D eigenvalue weighted by Gasteiger charge is 2.47. The first-order valence-electron chi connectivity index (χ1n) is 9.92. The molecule has 3 amide bonds. The van der Waals surface area contributed by atoms with Crippen molar-refractivity contribution < 1.29 is 19.1 Å². The molecule has 6 heteroatoms. The van der Waals surface area contributed by atoms with Crippen molar-refractivity contribution in [2.45, 2.75) is 38.6 Å². The predicted octanol–water partition coefficient (Wildman–Crippen LogP) is 2.78. The second-order valence-corrected chi connectivity index (χ2v) is 7.49. The number of amides is 3. The first kappa shape index (κ1) is 20.1. The molecule has 1 saturated heterocycles. The molecule has 1 aromatic carbocycles. The Morgan fingerprint density at radius 3 is 2.32 bits per heavy atom. The molecule has 0 spiro atoms. The summed E-state index contributed by atoms with van der Waals surface area (Å²) in [6, 6.07) is 7.55. The Hall–Kier alpha value is -2.63. The number of carbonyl (C=O) groups excluding carboxylic acids is 3. The fourth-order valence-corrected chi connectivity index (χ4v) is 4.18. The van der Waals surface area contributed by atoms with Crippen LogP contribution in [0.15, 0.2) is 36.9 Å². The van der Waals surface area contributed by atoms with E-state index in [1.54, 1.807) is 18.1 Å². The van der Waals surface area contributed by atoms with Gasteiger partial charge in [-0.3, -0.25) is 19.3 Å². The van der Waals surface area contributed by atoms with Crippen LogP contribution in [-0.4, -0.2) is 47.7 Å². The van der Waals surface area contributed by atoms with Crippen molar-refractivity contribution in [3.63, 3.8) is 0 Å². The van der Waals surface area contributed by atoms with Crippen molar-refractivity contribution in [1.82, 2.24) is 9.80 Å². The molecule has 0 bridgehead atoms. The van der Waals surface area contributed by atoms with Gasteiger partial charge in [-0.1, -0.05) is 31.1 Å². The van der Waals surface area contributed by atoms with E-state index in [-0.39, 0.29) is 42.5 Å². The Bertz CT molecular complexity index is 719. The van der Waals surface area contributed by atoms with Crippen molar-refractivity contribution >= 4 is 17.7 Å². The Labute approximate surface area is 166 Å². The van der Waals surface area contributed by atoms with Gasteiger partial charge in [0, 0.05) is 26.1 Å². The van der Waals surface area contributed by atoms with Gasteiger partial charge in [0.2, 0.25) is 17.7 Å². The molecule has 28 heavy (non-hydrogen) atoms. The van der Waals surface area contributed by atoms with E-state index in [9.17, 15) is 14.4 Å². The lowest BCUT2D eigenvalue weighted by molar-refractivity contribution is -0.140. The molecule has 3 rings (SSSR count). The van der Waals surface area contributed by atoms with Gasteiger partial charge in [0.05, 0.1) is 18.9 Å². The van der Waals surface area contributed by atoms with Crippen molar-refractivity contribution in [3.8, 4) is 5.75 Å². The summed E-state index contributed by atoms with van der Waals surface area (Å²) in [5.74, 6) is 0.157. The minimum Gasteiger partial charge on any atom is -0.497 e. The number of hydrogen-bond acceptors (Lipinski definition) is 4. The molecule has 2 atom stereocenters. The summed E-state index contributed by atoms with van der Waals surface area (Å²) in [6.45, 7) is 4.76. The molecular weight excluding hydrogens is 356 g/mol. The maximum Gasteiger partial charge on any atom is 0.233 e. The van der Waals surface area contributed by atoms with Gasteiger partial charge in [0.15, 0.2) is 0 Å². The Balaban J connectivity index is 1.60. The van der Waals surface area contributed by atoms with Gasteiger partial charge in [0.1, 0.15) is 5.75 Å². The van der Waals surface area contributed by atoms with Gasteiger partial charge in [-0.25, -0.2) is 0 Å². The van der Waals surface area contributed by atoms with E-state index in [4.69, 9.17) is 4.74 Å². The van der Waals surface area contributed by atoms with E-state index in [1.807, 2.05) is 24.3 Å². The molecule has 6 nitrogen and oxygen atoms in total. The van der Waals surface area contributed by atoms with Crippen molar-refractivity contribution in [2.24, 2.45) is 11.8 Å². The van der Waals surface area contributed by atoms with Crippen LogP contribution in [0.2, 0.25) is 0 Å². The van der Waals surface area contributed by atoms with E-state index in [0.29, 0.717) is 13.1 Å². The summed E-state index contributed by atoms with van der Waals surface area (Å²) in [7, 11) is 1.61. The Morgan fingerprint density at radius 1 is 1.18 bits per heavy atom. The van der Waals surface area contributed by atoms with Crippen LogP contribution >= 0.6 is 0 Å². The molecule has 1 aromatic rings. The quantitative estimate of drug-likeness (QED) is 0.511. The summed E-state index contributed by atoms with van der Waals surface area (Å²) < 4.78 is 5.16. The smallest absolute Gasteiger partial charge is 0.233 e. The summed E-state index contributed by atoms with van der Waals surface area (Å²) in [5, 5.41) is 0. The Morgan fingerprint density at radius 2 is 1.79 bits per heavy atom. The lowest BCUT2D eigenvalue weighted by Gasteiger charge is -2.23. The highest BCUT2D eigenvalue weighted by atomic mass is 16.5. The van der Waals surface area contributed by atoms with E-state index >= 15 is 0 Å². The monoisotopic (exact) mass is 384 g/mol. The topological polar surface area (TPSA) is 66.9 Å². The van der Waals surface area contributed by atoms with Crippen LogP contribution in [0, 0.1) is 11.8 Å². The first-order chi connectivity index (χ1) is 13.5. The van der Waals surface area contributed by atoms with Gasteiger partial charge in [-0.15, -0.1) is 6.58 Å². The summed E-state index contributed by atoms with van der Waals surface area (Å²) >= 11 is 0. The van der Waals surface area contributed by atoms with Crippen molar-refractivity contribution in [2.75, 3.05) is 20.2 Å². The van der Waals surface area contributed by atoms with Gasteiger partial charge in [-0.05, 0) is 30.5 Å². The predicted molar refractivity (Wildman–Crippen MR) is 105 cm³/mol. The standard InChI is InChI=1S/C22H28N2O4/c1-3-13-23(15-16-8-10-17(28-2)11-9-16)20(25)12-14-24-21(26)18-6-4-5-7-19(18)22(24)27/h3,8-11,18-19H,1,4-7,12-15H2,2H3. The largest absolute Gasteiger partial charge is 0.497 e. The van der Waals surface area contributed by atoms with Crippen LogP contribution in [0.25, 0.3) is 0 Å². The second-order valence-electron chi connectivity index (χ2n) is 7.49. The molecule has 0 N–H and O–H groups in total. The normalized spacial score (nSPS) is 21.4. The lowest BCUT2D eigenvalue weighted by Crippen LogP contribution is -2.37. The molecule has 1 heterocycles. The fraction of sp³-hybridized carbons (Fsp3) is 0.500. The van der Waals surface area contributed by atoms with Crippen molar-refractivity contribution in [3.05, 3.63) is 42.5 Å². The van der Waals surface area contributed by atoms with Gasteiger partial charge < -0.3 is 9.64 Å². The highest BCUT2D eigenvalue weighted by molar-refractivity contribution is 6.05. The Kier molecular flexibility index (Phi) is 6.49. The minimum absolute atomic E-state index is 0.0899. The number of ether oxygens (including phenoxy) is 1. The molecule has 1 saturated carbocycles. The molecule has 1 aliphatic heterocycles. The molecular formula is C22H28N2O4. The van der Waals surface area contributed by atoms with Crippen molar-refractivity contribution in [1.29, 1.82) is 0 Å². The van der Waals surface area contributed by atoms with Crippen LogP contribution in [-0.2, 0) is 20.9 Å². The molecule has 1 aliphatic carbocycles. The number of benzene rings is 1.